The first-order chi connectivity index (χ1) is 11.3. The van der Waals surface area contributed by atoms with Crippen molar-refractivity contribution < 1.29 is 17.9 Å². The lowest BCUT2D eigenvalue weighted by Crippen LogP contribution is -2.28. The fraction of sp³-hybridized carbons (Fsp3) is 0.312. The summed E-state index contributed by atoms with van der Waals surface area (Å²) in [5.74, 6) is 0.0614. The van der Waals surface area contributed by atoms with Crippen LogP contribution < -0.4 is 4.74 Å². The van der Waals surface area contributed by atoms with Gasteiger partial charge in [0.25, 0.3) is 10.0 Å². The molecule has 130 valence electrons. The van der Waals surface area contributed by atoms with Gasteiger partial charge < -0.3 is 4.74 Å². The first-order valence-electron chi connectivity index (χ1n) is 7.27. The van der Waals surface area contributed by atoms with E-state index in [0.717, 1.165) is 5.56 Å². The fourth-order valence-corrected chi connectivity index (χ4v) is 4.67. The Bertz CT molecular complexity index is 803. The van der Waals surface area contributed by atoms with Crippen molar-refractivity contribution in [2.75, 3.05) is 13.6 Å². The molecule has 1 aromatic heterocycles. The summed E-state index contributed by atoms with van der Waals surface area (Å²) in [5.41, 5.74) is 0.772. The third-order valence-electron chi connectivity index (χ3n) is 3.37. The van der Waals surface area contributed by atoms with E-state index in [9.17, 15) is 13.2 Å². The van der Waals surface area contributed by atoms with Gasteiger partial charge in [-0.2, -0.15) is 0 Å². The number of ether oxygens (including phenoxy) is 1. The zero-order chi connectivity index (χ0) is 17.7. The average Bonchev–Trinajstić information content (AvgIpc) is 3.05. The Labute approximate surface area is 150 Å². The predicted octanol–water partition coefficient (Wildman–Crippen LogP) is 3.72. The van der Waals surface area contributed by atoms with Crippen LogP contribution in [0, 0.1) is 6.92 Å². The zero-order valence-corrected chi connectivity index (χ0v) is 15.7. The maximum absolute atomic E-state index is 12.2. The molecule has 0 saturated heterocycles. The maximum atomic E-state index is 12.2. The normalized spacial score (nSPS) is 11.7. The molecule has 5 nitrogen and oxygen atoms in total. The van der Waals surface area contributed by atoms with Crippen LogP contribution in [0.1, 0.15) is 18.4 Å². The topological polar surface area (TPSA) is 63.7 Å². The van der Waals surface area contributed by atoms with Crippen LogP contribution in [0.2, 0.25) is 5.02 Å². The van der Waals surface area contributed by atoms with Gasteiger partial charge in [0.2, 0.25) is 0 Å². The molecule has 0 spiro atoms. The van der Waals surface area contributed by atoms with E-state index in [-0.39, 0.29) is 13.0 Å². The highest BCUT2D eigenvalue weighted by Crippen LogP contribution is 2.23. The van der Waals surface area contributed by atoms with Crippen LogP contribution in [-0.4, -0.2) is 32.3 Å². The number of benzene rings is 1. The molecule has 0 saturated carbocycles. The molecule has 0 aliphatic carbocycles. The number of aryl methyl sites for hydroxylation is 1. The van der Waals surface area contributed by atoms with Crippen molar-refractivity contribution in [3.8, 4) is 5.75 Å². The Kier molecular flexibility index (Phi) is 6.40. The second kappa shape index (κ2) is 8.11. The summed E-state index contributed by atoms with van der Waals surface area (Å²) in [7, 11) is -1.98. The van der Waals surface area contributed by atoms with Crippen molar-refractivity contribution in [3.63, 3.8) is 0 Å². The number of thiophene rings is 1. The summed E-state index contributed by atoms with van der Waals surface area (Å²) in [6.07, 6.45) is 0.513. The number of nitrogens with zero attached hydrogens (tertiary/aromatic N) is 1. The van der Waals surface area contributed by atoms with E-state index in [2.05, 4.69) is 0 Å². The molecular formula is C16H18ClNO4S2. The molecule has 0 amide bonds. The monoisotopic (exact) mass is 387 g/mol. The molecule has 8 heteroatoms. The number of halogens is 1. The van der Waals surface area contributed by atoms with E-state index >= 15 is 0 Å². The molecule has 0 aliphatic rings. The summed E-state index contributed by atoms with van der Waals surface area (Å²) in [5, 5.41) is 2.29. The molecule has 0 radical (unpaired) electrons. The highest BCUT2D eigenvalue weighted by Gasteiger charge is 2.21. The number of hydrogen-bond donors (Lipinski definition) is 0. The Balaban J connectivity index is 1.84. The van der Waals surface area contributed by atoms with E-state index in [1.54, 1.807) is 42.6 Å². The van der Waals surface area contributed by atoms with Crippen LogP contribution in [0.5, 0.6) is 5.75 Å². The van der Waals surface area contributed by atoms with E-state index in [4.69, 9.17) is 16.3 Å². The lowest BCUT2D eigenvalue weighted by molar-refractivity contribution is -0.134. The van der Waals surface area contributed by atoms with E-state index in [1.165, 1.54) is 22.7 Å². The molecule has 1 heterocycles. The number of carbonyl (C=O) groups excluding carboxylic acids is 1. The summed E-state index contributed by atoms with van der Waals surface area (Å²) in [6, 6.07) is 8.26. The van der Waals surface area contributed by atoms with Gasteiger partial charge in [0.1, 0.15) is 9.96 Å². The van der Waals surface area contributed by atoms with E-state index in [1.807, 2.05) is 0 Å². The first kappa shape index (κ1) is 18.9. The molecule has 2 rings (SSSR count). The zero-order valence-electron chi connectivity index (χ0n) is 13.4. The number of carbonyl (C=O) groups is 1. The summed E-state index contributed by atoms with van der Waals surface area (Å²) < 4.78 is 31.3. The molecule has 2 aromatic rings. The van der Waals surface area contributed by atoms with Crippen LogP contribution in [0.15, 0.2) is 39.9 Å². The van der Waals surface area contributed by atoms with Crippen molar-refractivity contribution in [2.24, 2.45) is 0 Å². The first-order valence-corrected chi connectivity index (χ1v) is 9.97. The summed E-state index contributed by atoms with van der Waals surface area (Å²) in [4.78, 5) is 11.9. The minimum atomic E-state index is -3.48. The Hall–Kier alpha value is -1.41. The standard InChI is InChI=1S/C16H18ClNO4S2/c1-12-11-13(17)7-8-14(12)22-15(19)5-3-9-18(2)24(20,21)16-6-4-10-23-16/h4,6-8,10-11H,3,5,9H2,1-2H3. The third kappa shape index (κ3) is 4.80. The smallest absolute Gasteiger partial charge is 0.311 e. The van der Waals surface area contributed by atoms with Crippen molar-refractivity contribution in [2.45, 2.75) is 24.0 Å². The summed E-state index contributed by atoms with van der Waals surface area (Å²) in [6.45, 7) is 2.05. The van der Waals surface area contributed by atoms with Crippen LogP contribution >= 0.6 is 22.9 Å². The second-order valence-corrected chi connectivity index (χ2v) is 8.90. The van der Waals surface area contributed by atoms with Gasteiger partial charge in [0.15, 0.2) is 0 Å². The lowest BCUT2D eigenvalue weighted by Gasteiger charge is -2.15. The molecule has 24 heavy (non-hydrogen) atoms. The Morgan fingerprint density at radius 1 is 1.33 bits per heavy atom. The predicted molar refractivity (Wildman–Crippen MR) is 95.2 cm³/mol. The molecule has 0 bridgehead atoms. The number of hydrogen-bond acceptors (Lipinski definition) is 5. The minimum Gasteiger partial charge on any atom is -0.426 e. The number of rotatable bonds is 7. The molecular weight excluding hydrogens is 370 g/mol. The number of esters is 1. The molecule has 0 N–H and O–H groups in total. The van der Waals surface area contributed by atoms with E-state index in [0.29, 0.717) is 21.4 Å². The Morgan fingerprint density at radius 2 is 2.08 bits per heavy atom. The van der Waals surface area contributed by atoms with Crippen molar-refractivity contribution in [3.05, 3.63) is 46.3 Å². The van der Waals surface area contributed by atoms with Gasteiger partial charge in [0.05, 0.1) is 0 Å². The van der Waals surface area contributed by atoms with Crippen molar-refractivity contribution in [1.29, 1.82) is 0 Å². The third-order valence-corrected chi connectivity index (χ3v) is 6.84. The van der Waals surface area contributed by atoms with Crippen molar-refractivity contribution >= 4 is 38.9 Å². The van der Waals surface area contributed by atoms with Gasteiger partial charge in [-0.3, -0.25) is 4.79 Å². The van der Waals surface area contributed by atoms with Crippen LogP contribution in [0.3, 0.4) is 0 Å². The average molecular weight is 388 g/mol. The number of sulfonamides is 1. The highest BCUT2D eigenvalue weighted by atomic mass is 35.5. The fourth-order valence-electron chi connectivity index (χ4n) is 2.03. The van der Waals surface area contributed by atoms with Crippen molar-refractivity contribution in [1.82, 2.24) is 4.31 Å². The van der Waals surface area contributed by atoms with Gasteiger partial charge >= 0.3 is 5.97 Å². The SMILES string of the molecule is Cc1cc(Cl)ccc1OC(=O)CCCN(C)S(=O)(=O)c1cccs1. The largest absolute Gasteiger partial charge is 0.426 e. The molecule has 1 aromatic carbocycles. The lowest BCUT2D eigenvalue weighted by atomic mass is 10.2. The van der Waals surface area contributed by atoms with Gasteiger partial charge in [0, 0.05) is 25.0 Å². The molecule has 0 atom stereocenters. The van der Waals surface area contributed by atoms with Gasteiger partial charge in [-0.1, -0.05) is 17.7 Å². The quantitative estimate of drug-likeness (QED) is 0.536. The second-order valence-electron chi connectivity index (χ2n) is 5.25. The molecule has 0 unspecified atom stereocenters. The van der Waals surface area contributed by atoms with Gasteiger partial charge in [-0.25, -0.2) is 12.7 Å². The Morgan fingerprint density at radius 3 is 2.71 bits per heavy atom. The van der Waals surface area contributed by atoms with Crippen LogP contribution in [0.25, 0.3) is 0 Å². The van der Waals surface area contributed by atoms with Crippen LogP contribution in [0.4, 0.5) is 0 Å². The van der Waals surface area contributed by atoms with Crippen LogP contribution in [-0.2, 0) is 14.8 Å². The highest BCUT2D eigenvalue weighted by molar-refractivity contribution is 7.91. The van der Waals surface area contributed by atoms with E-state index < -0.39 is 16.0 Å². The molecule has 0 aliphatic heterocycles. The summed E-state index contributed by atoms with van der Waals surface area (Å²) >= 11 is 7.03. The minimum absolute atomic E-state index is 0.131. The molecule has 0 fully saturated rings. The van der Waals surface area contributed by atoms with Gasteiger partial charge in [-0.15, -0.1) is 11.3 Å². The van der Waals surface area contributed by atoms with Gasteiger partial charge in [-0.05, 0) is 48.6 Å². The maximum Gasteiger partial charge on any atom is 0.311 e.